The highest BCUT2D eigenvalue weighted by Crippen LogP contribution is 1.94. The molecule has 1 heterocycles. The van der Waals surface area contributed by atoms with E-state index in [4.69, 9.17) is 0 Å². The fraction of sp³-hybridized carbons (Fsp3) is 0.667. The Morgan fingerprint density at radius 2 is 2.21 bits per heavy atom. The molecule has 0 saturated heterocycles. The molecule has 0 atom stereocenters. The van der Waals surface area contributed by atoms with Gasteiger partial charge < -0.3 is 9.88 Å². The van der Waals surface area contributed by atoms with Crippen LogP contribution in [-0.4, -0.2) is 29.1 Å². The first-order valence-electron chi connectivity index (χ1n) is 4.73. The average molecular weight is 203 g/mol. The Labute approximate surface area is 82.1 Å². The second-order valence-corrected chi connectivity index (χ2v) is 3.10. The maximum absolute atomic E-state index is 11.7. The Balaban J connectivity index is 1.90. The second kappa shape index (κ2) is 6.48. The van der Waals surface area contributed by atoms with E-state index >= 15 is 0 Å². The first-order valence-corrected chi connectivity index (χ1v) is 4.73. The fourth-order valence-electron chi connectivity index (χ4n) is 1.17. The van der Waals surface area contributed by atoms with Gasteiger partial charge in [0.05, 0.1) is 12.9 Å². The molecule has 0 amide bonds. The van der Waals surface area contributed by atoms with Crippen molar-refractivity contribution in [1.82, 2.24) is 14.9 Å². The monoisotopic (exact) mass is 203 g/mol. The van der Waals surface area contributed by atoms with E-state index in [9.17, 15) is 8.78 Å². The summed E-state index contributed by atoms with van der Waals surface area (Å²) in [5.41, 5.74) is 0. The Bertz CT molecular complexity index is 224. The quantitative estimate of drug-likeness (QED) is 0.681. The maximum Gasteiger partial charge on any atom is 0.250 e. The predicted octanol–water partition coefficient (Wildman–Crippen LogP) is 1.52. The first kappa shape index (κ1) is 11.1. The Morgan fingerprint density at radius 3 is 2.86 bits per heavy atom. The molecule has 0 spiro atoms. The van der Waals surface area contributed by atoms with E-state index in [0.717, 1.165) is 19.4 Å². The summed E-state index contributed by atoms with van der Waals surface area (Å²) in [7, 11) is 0. The van der Waals surface area contributed by atoms with E-state index in [-0.39, 0.29) is 6.54 Å². The van der Waals surface area contributed by atoms with Crippen molar-refractivity contribution in [2.45, 2.75) is 25.8 Å². The highest BCUT2D eigenvalue weighted by Gasteiger charge is 1.99. The van der Waals surface area contributed by atoms with E-state index in [1.807, 2.05) is 10.8 Å². The summed E-state index contributed by atoms with van der Waals surface area (Å²) >= 11 is 0. The van der Waals surface area contributed by atoms with Crippen molar-refractivity contribution in [2.24, 2.45) is 0 Å². The van der Waals surface area contributed by atoms with E-state index in [1.54, 1.807) is 12.5 Å². The summed E-state index contributed by atoms with van der Waals surface area (Å²) in [6.45, 7) is 1.35. The number of alkyl halides is 2. The number of aromatic nitrogens is 2. The minimum atomic E-state index is -2.25. The van der Waals surface area contributed by atoms with Crippen LogP contribution >= 0.6 is 0 Å². The van der Waals surface area contributed by atoms with Gasteiger partial charge in [0, 0.05) is 18.9 Å². The van der Waals surface area contributed by atoms with Gasteiger partial charge in [-0.05, 0) is 19.4 Å². The number of halogens is 2. The van der Waals surface area contributed by atoms with Crippen LogP contribution in [0.25, 0.3) is 0 Å². The van der Waals surface area contributed by atoms with Crippen molar-refractivity contribution in [2.75, 3.05) is 13.1 Å². The van der Waals surface area contributed by atoms with Crippen molar-refractivity contribution in [3.05, 3.63) is 18.7 Å². The van der Waals surface area contributed by atoms with Gasteiger partial charge in [-0.2, -0.15) is 0 Å². The molecule has 0 aliphatic carbocycles. The van der Waals surface area contributed by atoms with Gasteiger partial charge in [-0.15, -0.1) is 0 Å². The zero-order valence-electron chi connectivity index (χ0n) is 8.00. The zero-order valence-corrected chi connectivity index (χ0v) is 8.00. The number of hydrogen-bond acceptors (Lipinski definition) is 2. The molecule has 0 aliphatic heterocycles. The van der Waals surface area contributed by atoms with Crippen molar-refractivity contribution in [3.8, 4) is 0 Å². The van der Waals surface area contributed by atoms with Gasteiger partial charge in [-0.3, -0.25) is 0 Å². The normalized spacial score (nSPS) is 11.1. The summed E-state index contributed by atoms with van der Waals surface area (Å²) in [4.78, 5) is 3.91. The molecular weight excluding hydrogens is 188 g/mol. The number of nitrogens with zero attached hydrogens (tertiary/aromatic N) is 2. The number of rotatable bonds is 7. The minimum Gasteiger partial charge on any atom is -0.337 e. The summed E-state index contributed by atoms with van der Waals surface area (Å²) < 4.78 is 25.4. The van der Waals surface area contributed by atoms with E-state index in [0.29, 0.717) is 6.54 Å². The molecule has 1 aromatic heterocycles. The van der Waals surface area contributed by atoms with Crippen molar-refractivity contribution in [1.29, 1.82) is 0 Å². The van der Waals surface area contributed by atoms with Crippen LogP contribution < -0.4 is 5.32 Å². The van der Waals surface area contributed by atoms with Gasteiger partial charge in [0.15, 0.2) is 0 Å². The standard InChI is InChI=1S/C9H15F2N3/c10-9(11)7-12-3-1-2-5-14-6-4-13-8-14/h4,6,8-9,12H,1-3,5,7H2. The van der Waals surface area contributed by atoms with Crippen molar-refractivity contribution < 1.29 is 8.78 Å². The number of imidazole rings is 1. The average Bonchev–Trinajstić information content (AvgIpc) is 2.63. The Hall–Kier alpha value is -0.970. The van der Waals surface area contributed by atoms with Crippen LogP contribution in [0.4, 0.5) is 8.78 Å². The summed E-state index contributed by atoms with van der Waals surface area (Å²) in [6.07, 6.45) is 5.02. The molecule has 0 radical (unpaired) electrons. The number of aryl methyl sites for hydroxylation is 1. The van der Waals surface area contributed by atoms with Gasteiger partial charge in [0.2, 0.25) is 0 Å². The SMILES string of the molecule is FC(F)CNCCCCn1ccnc1. The van der Waals surface area contributed by atoms with E-state index in [1.165, 1.54) is 0 Å². The van der Waals surface area contributed by atoms with Gasteiger partial charge in [-0.1, -0.05) is 0 Å². The highest BCUT2D eigenvalue weighted by atomic mass is 19.3. The molecule has 14 heavy (non-hydrogen) atoms. The fourth-order valence-corrected chi connectivity index (χ4v) is 1.17. The van der Waals surface area contributed by atoms with Gasteiger partial charge >= 0.3 is 0 Å². The van der Waals surface area contributed by atoms with E-state index < -0.39 is 6.43 Å². The van der Waals surface area contributed by atoms with Crippen LogP contribution in [0.2, 0.25) is 0 Å². The smallest absolute Gasteiger partial charge is 0.250 e. The van der Waals surface area contributed by atoms with Gasteiger partial charge in [-0.25, -0.2) is 13.8 Å². The van der Waals surface area contributed by atoms with Crippen molar-refractivity contribution in [3.63, 3.8) is 0 Å². The van der Waals surface area contributed by atoms with Crippen LogP contribution in [-0.2, 0) is 6.54 Å². The lowest BCUT2D eigenvalue weighted by Crippen LogP contribution is -2.22. The Morgan fingerprint density at radius 1 is 1.36 bits per heavy atom. The lowest BCUT2D eigenvalue weighted by atomic mass is 10.3. The summed E-state index contributed by atoms with van der Waals surface area (Å²) in [6, 6.07) is 0. The van der Waals surface area contributed by atoms with E-state index in [2.05, 4.69) is 10.3 Å². The lowest BCUT2D eigenvalue weighted by molar-refractivity contribution is 0.146. The maximum atomic E-state index is 11.7. The van der Waals surface area contributed by atoms with Crippen LogP contribution in [0.3, 0.4) is 0 Å². The molecule has 5 heteroatoms. The van der Waals surface area contributed by atoms with Crippen LogP contribution in [0, 0.1) is 0 Å². The lowest BCUT2D eigenvalue weighted by Gasteiger charge is -2.04. The third kappa shape index (κ3) is 4.91. The largest absolute Gasteiger partial charge is 0.337 e. The van der Waals surface area contributed by atoms with Gasteiger partial charge in [0.25, 0.3) is 6.43 Å². The topological polar surface area (TPSA) is 29.9 Å². The molecule has 1 rings (SSSR count). The highest BCUT2D eigenvalue weighted by molar-refractivity contribution is 4.73. The molecule has 1 aromatic rings. The molecular formula is C9H15F2N3. The predicted molar refractivity (Wildman–Crippen MR) is 50.3 cm³/mol. The molecule has 0 saturated carbocycles. The molecule has 3 nitrogen and oxygen atoms in total. The molecule has 0 unspecified atom stereocenters. The zero-order chi connectivity index (χ0) is 10.2. The van der Waals surface area contributed by atoms with Crippen LogP contribution in [0.5, 0.6) is 0 Å². The number of unbranched alkanes of at least 4 members (excludes halogenated alkanes) is 1. The molecule has 1 N–H and O–H groups in total. The third-order valence-electron chi connectivity index (χ3n) is 1.88. The molecule has 0 aliphatic rings. The number of nitrogens with one attached hydrogen (secondary N) is 1. The molecule has 0 bridgehead atoms. The molecule has 80 valence electrons. The Kier molecular flexibility index (Phi) is 5.14. The molecule has 0 aromatic carbocycles. The summed E-state index contributed by atoms with van der Waals surface area (Å²) in [5.74, 6) is 0. The van der Waals surface area contributed by atoms with Crippen LogP contribution in [0.1, 0.15) is 12.8 Å². The number of hydrogen-bond donors (Lipinski definition) is 1. The van der Waals surface area contributed by atoms with Crippen molar-refractivity contribution >= 4 is 0 Å². The molecule has 0 fully saturated rings. The summed E-state index contributed by atoms with van der Waals surface area (Å²) in [5, 5.41) is 2.69. The third-order valence-corrected chi connectivity index (χ3v) is 1.88. The minimum absolute atomic E-state index is 0.203. The van der Waals surface area contributed by atoms with Crippen LogP contribution in [0.15, 0.2) is 18.7 Å². The second-order valence-electron chi connectivity index (χ2n) is 3.10. The van der Waals surface area contributed by atoms with Gasteiger partial charge in [0.1, 0.15) is 0 Å². The first-order chi connectivity index (χ1) is 6.79.